The minimum atomic E-state index is -0.424. The highest BCUT2D eigenvalue weighted by Crippen LogP contribution is 2.34. The Labute approximate surface area is 133 Å². The largest absolute Gasteiger partial charge is 0.504 e. The van der Waals surface area contributed by atoms with Gasteiger partial charge in [0.1, 0.15) is 5.69 Å². The number of carbonyl (C=O) groups is 1. The van der Waals surface area contributed by atoms with Crippen LogP contribution in [0.15, 0.2) is 48.5 Å². The van der Waals surface area contributed by atoms with E-state index in [0.29, 0.717) is 6.54 Å². The van der Waals surface area contributed by atoms with Gasteiger partial charge in [-0.15, -0.1) is 0 Å². The van der Waals surface area contributed by atoms with Crippen molar-refractivity contribution in [2.75, 3.05) is 10.8 Å². The Bertz CT molecular complexity index is 622. The number of urea groups is 1. The molecule has 2 aromatic carbocycles. The molecule has 0 fully saturated rings. The Morgan fingerprint density at radius 2 is 1.90 bits per heavy atom. The standard InChI is InChI=1S/C15H15ClN2O2S/c16-12-7-4-8-13(14(12)19)18(21)15(20)17-10-9-11-5-2-1-3-6-11/h1-8,19,21H,9-10H2,(H,17,20). The summed E-state index contributed by atoms with van der Waals surface area (Å²) in [4.78, 5) is 12.0. The molecule has 0 unspecified atom stereocenters. The summed E-state index contributed by atoms with van der Waals surface area (Å²) in [7, 11) is 0. The van der Waals surface area contributed by atoms with E-state index in [1.54, 1.807) is 12.1 Å². The maximum Gasteiger partial charge on any atom is 0.332 e. The van der Waals surface area contributed by atoms with Crippen LogP contribution in [0.2, 0.25) is 5.02 Å². The topological polar surface area (TPSA) is 52.6 Å². The molecule has 0 spiro atoms. The van der Waals surface area contributed by atoms with Crippen molar-refractivity contribution in [3.8, 4) is 5.75 Å². The van der Waals surface area contributed by atoms with Crippen molar-refractivity contribution < 1.29 is 9.90 Å². The first-order valence-electron chi connectivity index (χ1n) is 6.38. The lowest BCUT2D eigenvalue weighted by Crippen LogP contribution is -2.35. The lowest BCUT2D eigenvalue weighted by molar-refractivity contribution is 0.250. The number of phenols is 1. The van der Waals surface area contributed by atoms with Crippen LogP contribution in [0.4, 0.5) is 10.5 Å². The average molecular weight is 323 g/mol. The van der Waals surface area contributed by atoms with Crippen LogP contribution >= 0.6 is 24.4 Å². The van der Waals surface area contributed by atoms with Gasteiger partial charge in [-0.1, -0.05) is 60.8 Å². The van der Waals surface area contributed by atoms with Gasteiger partial charge in [0.25, 0.3) is 0 Å². The zero-order chi connectivity index (χ0) is 15.2. The van der Waals surface area contributed by atoms with Gasteiger partial charge < -0.3 is 10.4 Å². The van der Waals surface area contributed by atoms with Crippen molar-refractivity contribution >= 4 is 36.1 Å². The number of benzene rings is 2. The van der Waals surface area contributed by atoms with Gasteiger partial charge in [0.05, 0.1) is 5.02 Å². The zero-order valence-electron chi connectivity index (χ0n) is 11.2. The second-order valence-electron chi connectivity index (χ2n) is 4.39. The number of hydrogen-bond acceptors (Lipinski definition) is 3. The Balaban J connectivity index is 1.92. The maximum atomic E-state index is 12.0. The summed E-state index contributed by atoms with van der Waals surface area (Å²) in [5.74, 6) is -0.174. The molecule has 0 radical (unpaired) electrons. The number of aromatic hydroxyl groups is 1. The van der Waals surface area contributed by atoms with Gasteiger partial charge in [-0.25, -0.2) is 9.10 Å². The summed E-state index contributed by atoms with van der Waals surface area (Å²) in [6, 6.07) is 14.1. The molecule has 2 N–H and O–H groups in total. The number of halogens is 1. The molecular formula is C15H15ClN2O2S. The predicted octanol–water partition coefficient (Wildman–Crippen LogP) is 3.65. The first kappa shape index (κ1) is 15.5. The second-order valence-corrected chi connectivity index (χ2v) is 5.19. The first-order valence-corrected chi connectivity index (χ1v) is 7.15. The first-order chi connectivity index (χ1) is 10.1. The Morgan fingerprint density at radius 1 is 1.19 bits per heavy atom. The molecule has 0 aliphatic heterocycles. The number of carbonyl (C=O) groups excluding carboxylic acids is 1. The summed E-state index contributed by atoms with van der Waals surface area (Å²) in [5.41, 5.74) is 1.37. The van der Waals surface area contributed by atoms with E-state index in [-0.39, 0.29) is 16.5 Å². The summed E-state index contributed by atoms with van der Waals surface area (Å²) in [5, 5.41) is 12.7. The van der Waals surface area contributed by atoms with E-state index in [0.717, 1.165) is 16.3 Å². The summed E-state index contributed by atoms with van der Waals surface area (Å²) in [6.45, 7) is 0.473. The van der Waals surface area contributed by atoms with Crippen molar-refractivity contribution in [1.82, 2.24) is 5.32 Å². The molecule has 0 bridgehead atoms. The van der Waals surface area contributed by atoms with Gasteiger partial charge in [0.15, 0.2) is 5.75 Å². The fraction of sp³-hybridized carbons (Fsp3) is 0.133. The molecule has 0 atom stereocenters. The van der Waals surface area contributed by atoms with Crippen molar-refractivity contribution in [2.45, 2.75) is 6.42 Å². The van der Waals surface area contributed by atoms with Crippen LogP contribution in [0, 0.1) is 0 Å². The van der Waals surface area contributed by atoms with Crippen LogP contribution in [0.3, 0.4) is 0 Å². The molecule has 0 saturated heterocycles. The predicted molar refractivity (Wildman–Crippen MR) is 88.1 cm³/mol. The normalized spacial score (nSPS) is 10.2. The molecule has 21 heavy (non-hydrogen) atoms. The zero-order valence-corrected chi connectivity index (χ0v) is 12.8. The van der Waals surface area contributed by atoms with Gasteiger partial charge in [-0.05, 0) is 24.1 Å². The van der Waals surface area contributed by atoms with Crippen LogP contribution in [0.1, 0.15) is 5.56 Å². The number of amides is 2. The highest BCUT2D eigenvalue weighted by Gasteiger charge is 2.16. The molecule has 0 heterocycles. The van der Waals surface area contributed by atoms with E-state index in [1.165, 1.54) is 6.07 Å². The lowest BCUT2D eigenvalue weighted by Gasteiger charge is -2.18. The third kappa shape index (κ3) is 4.06. The van der Waals surface area contributed by atoms with Crippen LogP contribution in [-0.2, 0) is 6.42 Å². The highest BCUT2D eigenvalue weighted by molar-refractivity contribution is 7.82. The molecule has 0 aliphatic carbocycles. The van der Waals surface area contributed by atoms with Crippen molar-refractivity contribution in [3.63, 3.8) is 0 Å². The van der Waals surface area contributed by atoms with Gasteiger partial charge in [0, 0.05) is 6.54 Å². The van der Waals surface area contributed by atoms with Crippen molar-refractivity contribution in [1.29, 1.82) is 0 Å². The fourth-order valence-corrected chi connectivity index (χ4v) is 2.22. The summed E-state index contributed by atoms with van der Waals surface area (Å²) >= 11 is 9.90. The lowest BCUT2D eigenvalue weighted by atomic mass is 10.1. The molecule has 110 valence electrons. The number of thiol groups is 1. The molecule has 2 amide bonds. The SMILES string of the molecule is O=C(NCCc1ccccc1)N(S)c1cccc(Cl)c1O. The van der Waals surface area contributed by atoms with Gasteiger partial charge in [0.2, 0.25) is 0 Å². The van der Waals surface area contributed by atoms with Gasteiger partial charge in [-0.2, -0.15) is 0 Å². The maximum absolute atomic E-state index is 12.0. The molecule has 0 aliphatic rings. The summed E-state index contributed by atoms with van der Waals surface area (Å²) in [6.07, 6.45) is 0.718. The smallest absolute Gasteiger partial charge is 0.332 e. The molecule has 6 heteroatoms. The number of para-hydroxylation sites is 1. The molecule has 2 rings (SSSR count). The fourth-order valence-electron chi connectivity index (χ4n) is 1.82. The molecule has 0 saturated carbocycles. The van der Waals surface area contributed by atoms with Crippen molar-refractivity contribution in [3.05, 3.63) is 59.1 Å². The van der Waals surface area contributed by atoms with E-state index in [1.807, 2.05) is 30.3 Å². The quantitative estimate of drug-likeness (QED) is 0.753. The van der Waals surface area contributed by atoms with Crippen LogP contribution < -0.4 is 9.62 Å². The Hall–Kier alpha value is -1.85. The van der Waals surface area contributed by atoms with E-state index >= 15 is 0 Å². The van der Waals surface area contributed by atoms with Crippen LogP contribution in [0.5, 0.6) is 5.75 Å². The third-order valence-electron chi connectivity index (χ3n) is 2.92. The second kappa shape index (κ2) is 7.24. The number of anilines is 1. The minimum absolute atomic E-state index is 0.170. The summed E-state index contributed by atoms with van der Waals surface area (Å²) < 4.78 is 1.03. The van der Waals surface area contributed by atoms with Crippen LogP contribution in [-0.4, -0.2) is 17.7 Å². The molecular weight excluding hydrogens is 308 g/mol. The number of rotatable bonds is 4. The number of phenolic OH excluding ortho intramolecular Hbond substituents is 1. The molecule has 4 nitrogen and oxygen atoms in total. The van der Waals surface area contributed by atoms with E-state index in [4.69, 9.17) is 11.6 Å². The average Bonchev–Trinajstić information content (AvgIpc) is 2.50. The van der Waals surface area contributed by atoms with E-state index < -0.39 is 6.03 Å². The molecule has 0 aromatic heterocycles. The number of hydrogen-bond donors (Lipinski definition) is 3. The molecule has 2 aromatic rings. The minimum Gasteiger partial charge on any atom is -0.504 e. The van der Waals surface area contributed by atoms with Gasteiger partial charge >= 0.3 is 6.03 Å². The van der Waals surface area contributed by atoms with Crippen molar-refractivity contribution in [2.24, 2.45) is 0 Å². The highest BCUT2D eigenvalue weighted by atomic mass is 35.5. The van der Waals surface area contributed by atoms with E-state index in [2.05, 4.69) is 18.1 Å². The monoisotopic (exact) mass is 322 g/mol. The van der Waals surface area contributed by atoms with Gasteiger partial charge in [-0.3, -0.25) is 0 Å². The number of nitrogens with zero attached hydrogens (tertiary/aromatic N) is 1. The van der Waals surface area contributed by atoms with Crippen LogP contribution in [0.25, 0.3) is 0 Å². The Morgan fingerprint density at radius 3 is 2.62 bits per heavy atom. The number of nitrogens with one attached hydrogen (secondary N) is 1. The third-order valence-corrected chi connectivity index (χ3v) is 3.62. The van der Waals surface area contributed by atoms with E-state index in [9.17, 15) is 9.90 Å². The Kier molecular flexibility index (Phi) is 5.36.